The molecule has 9 heteroatoms. The molecular weight excluding hydrogens is 336 g/mol. The van der Waals surface area contributed by atoms with Gasteiger partial charge < -0.3 is 39.7 Å². The summed E-state index contributed by atoms with van der Waals surface area (Å²) in [6.07, 6.45) is -5.10. The van der Waals surface area contributed by atoms with Gasteiger partial charge in [0.2, 0.25) is 6.29 Å². The lowest BCUT2D eigenvalue weighted by Gasteiger charge is -2.43. The van der Waals surface area contributed by atoms with E-state index in [0.717, 1.165) is 12.7 Å². The van der Waals surface area contributed by atoms with Gasteiger partial charge in [-0.1, -0.05) is 6.92 Å². The van der Waals surface area contributed by atoms with Crippen LogP contribution in [-0.4, -0.2) is 75.1 Å². The molecule has 3 aliphatic rings. The zero-order valence-corrected chi connectivity index (χ0v) is 13.8. The Kier molecular flexibility index (Phi) is 5.33. The summed E-state index contributed by atoms with van der Waals surface area (Å²) in [4.78, 5) is 11.4. The van der Waals surface area contributed by atoms with E-state index in [-0.39, 0.29) is 23.3 Å². The van der Waals surface area contributed by atoms with Gasteiger partial charge in [-0.15, -0.1) is 0 Å². The molecule has 3 unspecified atom stereocenters. The molecule has 0 amide bonds. The van der Waals surface area contributed by atoms with Crippen molar-refractivity contribution in [3.63, 3.8) is 0 Å². The van der Waals surface area contributed by atoms with E-state index in [2.05, 4.69) is 0 Å². The molecule has 1 saturated heterocycles. The minimum Gasteiger partial charge on any atom is -0.478 e. The van der Waals surface area contributed by atoms with Gasteiger partial charge in [0.05, 0.1) is 18.4 Å². The highest BCUT2D eigenvalue weighted by molar-refractivity contribution is 5.87. The second-order valence-corrected chi connectivity index (χ2v) is 6.95. The zero-order valence-electron chi connectivity index (χ0n) is 13.8. The Labute approximate surface area is 144 Å². The van der Waals surface area contributed by atoms with E-state index in [4.69, 9.17) is 14.2 Å². The first-order valence-corrected chi connectivity index (χ1v) is 8.40. The van der Waals surface area contributed by atoms with Crippen molar-refractivity contribution >= 4 is 5.97 Å². The number of fused-ring (bicyclic) bond motifs is 1. The molecule has 0 bridgehead atoms. The Hall–Kier alpha value is -1.23. The number of carboxylic acids is 1. The summed E-state index contributed by atoms with van der Waals surface area (Å²) in [5.74, 6) is -1.35. The summed E-state index contributed by atoms with van der Waals surface area (Å²) in [5, 5.41) is 48.3. The van der Waals surface area contributed by atoms with Crippen LogP contribution in [0.2, 0.25) is 0 Å². The summed E-state index contributed by atoms with van der Waals surface area (Å²) in [5.41, 5.74) is 0.197. The Morgan fingerprint density at radius 1 is 1.20 bits per heavy atom. The van der Waals surface area contributed by atoms with Crippen molar-refractivity contribution in [2.24, 2.45) is 17.8 Å². The molecule has 1 saturated carbocycles. The Morgan fingerprint density at radius 3 is 2.56 bits per heavy atom. The molecular formula is C16H24O9. The van der Waals surface area contributed by atoms with Gasteiger partial charge in [0.25, 0.3) is 0 Å². The maximum Gasteiger partial charge on any atom is 0.334 e. The molecule has 2 fully saturated rings. The summed E-state index contributed by atoms with van der Waals surface area (Å²) in [6.45, 7) is 1.42. The van der Waals surface area contributed by atoms with Crippen molar-refractivity contribution in [1.82, 2.24) is 0 Å². The molecule has 3 rings (SSSR count). The third kappa shape index (κ3) is 3.27. The predicted octanol–water partition coefficient (Wildman–Crippen LogP) is -1.21. The number of carbonyl (C=O) groups is 1. The van der Waals surface area contributed by atoms with Gasteiger partial charge in [-0.25, -0.2) is 4.79 Å². The van der Waals surface area contributed by atoms with Crippen molar-refractivity contribution in [3.8, 4) is 0 Å². The number of rotatable bonds is 4. The summed E-state index contributed by atoms with van der Waals surface area (Å²) >= 11 is 0. The molecule has 1 aliphatic carbocycles. The first-order chi connectivity index (χ1) is 11.8. The van der Waals surface area contributed by atoms with Crippen LogP contribution in [0.4, 0.5) is 0 Å². The number of ether oxygens (including phenoxy) is 3. The van der Waals surface area contributed by atoms with Crippen LogP contribution in [0.15, 0.2) is 11.8 Å². The second kappa shape index (κ2) is 7.18. The van der Waals surface area contributed by atoms with E-state index in [0.29, 0.717) is 6.42 Å². The molecule has 0 spiro atoms. The molecule has 2 heterocycles. The van der Waals surface area contributed by atoms with Crippen LogP contribution in [0.5, 0.6) is 0 Å². The maximum atomic E-state index is 11.4. The van der Waals surface area contributed by atoms with E-state index in [1.54, 1.807) is 0 Å². The van der Waals surface area contributed by atoms with Crippen LogP contribution in [0.3, 0.4) is 0 Å². The monoisotopic (exact) mass is 360 g/mol. The largest absolute Gasteiger partial charge is 0.478 e. The normalized spacial score (nSPS) is 46.9. The van der Waals surface area contributed by atoms with Crippen LogP contribution in [0.25, 0.3) is 0 Å². The lowest BCUT2D eigenvalue weighted by Crippen LogP contribution is -2.60. The highest BCUT2D eigenvalue weighted by Gasteiger charge is 2.50. The van der Waals surface area contributed by atoms with Crippen molar-refractivity contribution in [2.45, 2.75) is 56.8 Å². The molecule has 2 aliphatic heterocycles. The fourth-order valence-corrected chi connectivity index (χ4v) is 4.01. The minimum atomic E-state index is -1.54. The van der Waals surface area contributed by atoms with E-state index in [1.165, 1.54) is 0 Å². The standard InChI is InChI=1S/C16H24O9/c1-6-2-3-7-8(14(21)22)5-23-15(10(6)7)25-16-13(20)12(19)11(18)9(4-17)24-16/h5-7,9-13,15-20H,2-4H2,1H3,(H,21,22)/t6-,7?,9-,10?,11-,12+,13-,15?,16+/m1/s1. The summed E-state index contributed by atoms with van der Waals surface area (Å²) in [7, 11) is 0. The lowest BCUT2D eigenvalue weighted by atomic mass is 9.83. The first kappa shape index (κ1) is 18.6. The average molecular weight is 360 g/mol. The third-order valence-corrected chi connectivity index (χ3v) is 5.46. The first-order valence-electron chi connectivity index (χ1n) is 8.40. The molecule has 5 N–H and O–H groups in total. The second-order valence-electron chi connectivity index (χ2n) is 6.95. The number of hydrogen-bond acceptors (Lipinski definition) is 8. The molecule has 142 valence electrons. The number of aliphatic hydroxyl groups excluding tert-OH is 4. The summed E-state index contributed by atoms with van der Waals surface area (Å²) < 4.78 is 16.5. The average Bonchev–Trinajstić information content (AvgIpc) is 2.97. The fourth-order valence-electron chi connectivity index (χ4n) is 4.01. The van der Waals surface area contributed by atoms with Gasteiger partial charge in [-0.3, -0.25) is 0 Å². The highest BCUT2D eigenvalue weighted by atomic mass is 16.8. The fraction of sp³-hybridized carbons (Fsp3) is 0.812. The van der Waals surface area contributed by atoms with E-state index in [9.17, 15) is 30.3 Å². The summed E-state index contributed by atoms with van der Waals surface area (Å²) in [6, 6.07) is 0. The molecule has 0 aromatic heterocycles. The topological polar surface area (TPSA) is 146 Å². The van der Waals surface area contributed by atoms with Gasteiger partial charge in [-0.05, 0) is 18.8 Å². The molecule has 0 aromatic carbocycles. The van der Waals surface area contributed by atoms with Crippen LogP contribution in [-0.2, 0) is 19.0 Å². The van der Waals surface area contributed by atoms with Crippen LogP contribution >= 0.6 is 0 Å². The number of carboxylic acid groups (broad SMARTS) is 1. The molecule has 0 aromatic rings. The number of hydrogen-bond donors (Lipinski definition) is 5. The zero-order chi connectivity index (χ0) is 18.3. The SMILES string of the molecule is C[C@@H]1CCC2C(C(=O)O)=COC(O[C@@H]3O[C@H](CO)[C@@H](O)[C@H](O)[C@H]3O)C21. The van der Waals surface area contributed by atoms with E-state index >= 15 is 0 Å². The highest BCUT2D eigenvalue weighted by Crippen LogP contribution is 2.47. The number of aliphatic hydroxyl groups is 4. The van der Waals surface area contributed by atoms with Gasteiger partial charge >= 0.3 is 5.97 Å². The predicted molar refractivity (Wildman–Crippen MR) is 80.8 cm³/mol. The lowest BCUT2D eigenvalue weighted by molar-refractivity contribution is -0.342. The molecule has 9 nitrogen and oxygen atoms in total. The van der Waals surface area contributed by atoms with Crippen molar-refractivity contribution in [3.05, 3.63) is 11.8 Å². The van der Waals surface area contributed by atoms with Gasteiger partial charge in [0.15, 0.2) is 6.29 Å². The Balaban J connectivity index is 1.77. The molecule has 9 atom stereocenters. The quantitative estimate of drug-likeness (QED) is 0.417. The van der Waals surface area contributed by atoms with Crippen molar-refractivity contribution in [2.75, 3.05) is 6.61 Å². The van der Waals surface area contributed by atoms with Crippen molar-refractivity contribution in [1.29, 1.82) is 0 Å². The van der Waals surface area contributed by atoms with Gasteiger partial charge in [0.1, 0.15) is 24.4 Å². The minimum absolute atomic E-state index is 0.142. The molecule has 0 radical (unpaired) electrons. The smallest absolute Gasteiger partial charge is 0.334 e. The Bertz CT molecular complexity index is 534. The third-order valence-electron chi connectivity index (χ3n) is 5.46. The van der Waals surface area contributed by atoms with Gasteiger partial charge in [-0.2, -0.15) is 0 Å². The van der Waals surface area contributed by atoms with Crippen molar-refractivity contribution < 1.29 is 44.5 Å². The van der Waals surface area contributed by atoms with Gasteiger partial charge in [0, 0.05) is 11.8 Å². The number of aliphatic carboxylic acids is 1. The van der Waals surface area contributed by atoms with Crippen LogP contribution in [0, 0.1) is 17.8 Å². The van der Waals surface area contributed by atoms with E-state index in [1.807, 2.05) is 6.92 Å². The molecule has 25 heavy (non-hydrogen) atoms. The maximum absolute atomic E-state index is 11.4. The Morgan fingerprint density at radius 2 is 1.92 bits per heavy atom. The van der Waals surface area contributed by atoms with Crippen LogP contribution < -0.4 is 0 Å². The van der Waals surface area contributed by atoms with E-state index < -0.39 is 49.6 Å². The van der Waals surface area contributed by atoms with Crippen LogP contribution in [0.1, 0.15) is 19.8 Å².